The van der Waals surface area contributed by atoms with E-state index in [1.165, 1.54) is 16.7 Å². The zero-order valence-corrected chi connectivity index (χ0v) is 12.2. The third-order valence-electron chi connectivity index (χ3n) is 3.61. The molecule has 0 aliphatic carbocycles. The van der Waals surface area contributed by atoms with E-state index in [2.05, 4.69) is 61.2 Å². The number of rotatable bonds is 5. The van der Waals surface area contributed by atoms with Crippen LogP contribution in [-0.2, 0) is 0 Å². The summed E-state index contributed by atoms with van der Waals surface area (Å²) < 4.78 is 0. The lowest BCUT2D eigenvalue weighted by Gasteiger charge is -2.22. The van der Waals surface area contributed by atoms with E-state index in [9.17, 15) is 0 Å². The second kappa shape index (κ2) is 6.02. The van der Waals surface area contributed by atoms with Gasteiger partial charge in [-0.25, -0.2) is 4.98 Å². The third-order valence-corrected chi connectivity index (χ3v) is 3.61. The molecule has 0 spiro atoms. The number of hydrogen-bond donors (Lipinski definition) is 2. The Bertz CT molecular complexity index is 517. The molecule has 0 fully saturated rings. The molecule has 2 atom stereocenters. The maximum atomic E-state index is 4.36. The fourth-order valence-corrected chi connectivity index (χ4v) is 2.48. The molecule has 2 aromatic rings. The molecule has 0 bridgehead atoms. The van der Waals surface area contributed by atoms with Crippen LogP contribution < -0.4 is 5.32 Å². The van der Waals surface area contributed by atoms with E-state index in [0.717, 1.165) is 12.2 Å². The van der Waals surface area contributed by atoms with E-state index in [4.69, 9.17) is 0 Å². The first-order valence-corrected chi connectivity index (χ1v) is 6.94. The molecular weight excluding hydrogens is 234 g/mol. The number of aromatic nitrogens is 2. The summed E-state index contributed by atoms with van der Waals surface area (Å²) in [5, 5.41) is 3.66. The van der Waals surface area contributed by atoms with Gasteiger partial charge >= 0.3 is 0 Å². The largest absolute Gasteiger partial charge is 0.347 e. The van der Waals surface area contributed by atoms with Gasteiger partial charge in [0.1, 0.15) is 5.82 Å². The molecule has 0 aliphatic heterocycles. The Kier molecular flexibility index (Phi) is 4.38. The molecule has 1 aromatic heterocycles. The van der Waals surface area contributed by atoms with Gasteiger partial charge in [0.15, 0.2) is 0 Å². The number of H-pyrrole nitrogens is 1. The fraction of sp³-hybridized carbons (Fsp3) is 0.438. The highest BCUT2D eigenvalue weighted by atomic mass is 15.0. The van der Waals surface area contributed by atoms with E-state index in [1.54, 1.807) is 0 Å². The first kappa shape index (κ1) is 13.8. The number of nitrogens with zero attached hydrogens (tertiary/aromatic N) is 1. The Morgan fingerprint density at radius 2 is 2.11 bits per heavy atom. The first-order chi connectivity index (χ1) is 9.11. The standard InChI is InChI=1S/C16H23N3/c1-5-15(16-17-8-9-18-16)19-13(4)14-10-11(2)6-7-12(14)3/h6-10,13,15,19H,5H2,1-4H3,(H,17,18). The Morgan fingerprint density at radius 3 is 2.74 bits per heavy atom. The summed E-state index contributed by atoms with van der Waals surface area (Å²) in [4.78, 5) is 7.55. The number of imidazole rings is 1. The molecule has 0 aliphatic rings. The van der Waals surface area contributed by atoms with Crippen molar-refractivity contribution in [2.75, 3.05) is 0 Å². The summed E-state index contributed by atoms with van der Waals surface area (Å²) in [6, 6.07) is 7.20. The maximum absolute atomic E-state index is 4.36. The van der Waals surface area contributed by atoms with Gasteiger partial charge in [0, 0.05) is 18.4 Å². The molecule has 0 saturated heterocycles. The monoisotopic (exact) mass is 257 g/mol. The maximum Gasteiger partial charge on any atom is 0.123 e. The second-order valence-corrected chi connectivity index (χ2v) is 5.18. The van der Waals surface area contributed by atoms with Crippen LogP contribution in [0.4, 0.5) is 0 Å². The molecule has 3 heteroatoms. The van der Waals surface area contributed by atoms with Crippen molar-refractivity contribution in [3.8, 4) is 0 Å². The first-order valence-electron chi connectivity index (χ1n) is 6.94. The van der Waals surface area contributed by atoms with Crippen LogP contribution in [0.25, 0.3) is 0 Å². The number of aromatic amines is 1. The quantitative estimate of drug-likeness (QED) is 0.854. The van der Waals surface area contributed by atoms with E-state index in [1.807, 2.05) is 12.4 Å². The summed E-state index contributed by atoms with van der Waals surface area (Å²) in [5.41, 5.74) is 4.00. The average Bonchev–Trinajstić information content (AvgIpc) is 2.92. The lowest BCUT2D eigenvalue weighted by atomic mass is 9.99. The van der Waals surface area contributed by atoms with Crippen LogP contribution >= 0.6 is 0 Å². The lowest BCUT2D eigenvalue weighted by Crippen LogP contribution is -2.25. The smallest absolute Gasteiger partial charge is 0.123 e. The van der Waals surface area contributed by atoms with Crippen LogP contribution in [0.5, 0.6) is 0 Å². The van der Waals surface area contributed by atoms with Gasteiger partial charge in [-0.3, -0.25) is 0 Å². The molecule has 1 heterocycles. The fourth-order valence-electron chi connectivity index (χ4n) is 2.48. The van der Waals surface area contributed by atoms with Gasteiger partial charge in [-0.05, 0) is 38.3 Å². The van der Waals surface area contributed by atoms with E-state index in [0.29, 0.717) is 6.04 Å². The Labute approximate surface area is 115 Å². The van der Waals surface area contributed by atoms with Crippen molar-refractivity contribution >= 4 is 0 Å². The summed E-state index contributed by atoms with van der Waals surface area (Å²) in [5.74, 6) is 1.01. The normalized spacial score (nSPS) is 14.3. The molecule has 1 aromatic carbocycles. The van der Waals surface area contributed by atoms with Gasteiger partial charge < -0.3 is 10.3 Å². The van der Waals surface area contributed by atoms with Gasteiger partial charge in [-0.2, -0.15) is 0 Å². The summed E-state index contributed by atoms with van der Waals surface area (Å²) in [7, 11) is 0. The Morgan fingerprint density at radius 1 is 1.32 bits per heavy atom. The molecule has 2 rings (SSSR count). The number of benzene rings is 1. The number of hydrogen-bond acceptors (Lipinski definition) is 2. The van der Waals surface area contributed by atoms with E-state index < -0.39 is 0 Å². The zero-order chi connectivity index (χ0) is 13.8. The van der Waals surface area contributed by atoms with Crippen molar-refractivity contribution < 1.29 is 0 Å². The van der Waals surface area contributed by atoms with Crippen LogP contribution in [0, 0.1) is 13.8 Å². The van der Waals surface area contributed by atoms with Gasteiger partial charge in [-0.15, -0.1) is 0 Å². The summed E-state index contributed by atoms with van der Waals surface area (Å²) in [6.07, 6.45) is 4.70. The SMILES string of the molecule is CCC(NC(C)c1cc(C)ccc1C)c1ncc[nH]1. The van der Waals surface area contributed by atoms with Crippen molar-refractivity contribution in [1.82, 2.24) is 15.3 Å². The highest BCUT2D eigenvalue weighted by Gasteiger charge is 2.16. The Hall–Kier alpha value is -1.61. The summed E-state index contributed by atoms with van der Waals surface area (Å²) in [6.45, 7) is 8.70. The zero-order valence-electron chi connectivity index (χ0n) is 12.2. The summed E-state index contributed by atoms with van der Waals surface area (Å²) >= 11 is 0. The topological polar surface area (TPSA) is 40.7 Å². The minimum absolute atomic E-state index is 0.268. The molecule has 0 amide bonds. The van der Waals surface area contributed by atoms with E-state index >= 15 is 0 Å². The van der Waals surface area contributed by atoms with Crippen LogP contribution in [0.3, 0.4) is 0 Å². The molecule has 2 N–H and O–H groups in total. The predicted octanol–water partition coefficient (Wildman–Crippen LogP) is 3.83. The minimum atomic E-state index is 0.268. The van der Waals surface area contributed by atoms with Gasteiger partial charge in [0.05, 0.1) is 6.04 Å². The van der Waals surface area contributed by atoms with Crippen molar-refractivity contribution in [1.29, 1.82) is 0 Å². The van der Waals surface area contributed by atoms with E-state index in [-0.39, 0.29) is 6.04 Å². The van der Waals surface area contributed by atoms with Crippen molar-refractivity contribution in [3.05, 3.63) is 53.1 Å². The number of aryl methyl sites for hydroxylation is 2. The molecule has 0 saturated carbocycles. The van der Waals surface area contributed by atoms with Crippen LogP contribution in [0.1, 0.15) is 54.9 Å². The van der Waals surface area contributed by atoms with Gasteiger partial charge in [0.25, 0.3) is 0 Å². The van der Waals surface area contributed by atoms with Crippen LogP contribution in [0.2, 0.25) is 0 Å². The predicted molar refractivity (Wildman–Crippen MR) is 79.1 cm³/mol. The van der Waals surface area contributed by atoms with Crippen molar-refractivity contribution in [3.63, 3.8) is 0 Å². The molecule has 19 heavy (non-hydrogen) atoms. The van der Waals surface area contributed by atoms with Crippen LogP contribution in [-0.4, -0.2) is 9.97 Å². The molecule has 0 radical (unpaired) electrons. The van der Waals surface area contributed by atoms with Crippen molar-refractivity contribution in [2.24, 2.45) is 0 Å². The third kappa shape index (κ3) is 3.24. The average molecular weight is 257 g/mol. The number of nitrogens with one attached hydrogen (secondary N) is 2. The minimum Gasteiger partial charge on any atom is -0.347 e. The molecule has 2 unspecified atom stereocenters. The Balaban J connectivity index is 2.15. The lowest BCUT2D eigenvalue weighted by molar-refractivity contribution is 0.440. The van der Waals surface area contributed by atoms with Gasteiger partial charge in [0.2, 0.25) is 0 Å². The highest BCUT2D eigenvalue weighted by molar-refractivity contribution is 5.32. The highest BCUT2D eigenvalue weighted by Crippen LogP contribution is 2.23. The van der Waals surface area contributed by atoms with Gasteiger partial charge in [-0.1, -0.05) is 30.7 Å². The van der Waals surface area contributed by atoms with Crippen LogP contribution in [0.15, 0.2) is 30.6 Å². The molecular formula is C16H23N3. The molecule has 102 valence electrons. The van der Waals surface area contributed by atoms with Crippen molar-refractivity contribution in [2.45, 2.75) is 46.2 Å². The second-order valence-electron chi connectivity index (χ2n) is 5.18. The molecule has 3 nitrogen and oxygen atoms in total.